The molecule has 1 heterocycles. The lowest BCUT2D eigenvalue weighted by Crippen LogP contribution is -2.62. The number of benzene rings is 3. The van der Waals surface area contributed by atoms with Crippen LogP contribution in [0.4, 0.5) is 0 Å². The summed E-state index contributed by atoms with van der Waals surface area (Å²) in [6.45, 7) is 18.1. The van der Waals surface area contributed by atoms with Crippen LogP contribution in [0.2, 0.25) is 22.2 Å². The van der Waals surface area contributed by atoms with Gasteiger partial charge in [0.15, 0.2) is 11.5 Å². The normalized spacial score (nSPS) is 17.8. The summed E-state index contributed by atoms with van der Waals surface area (Å²) in [5.74, 6) is 1.78. The lowest BCUT2D eigenvalue weighted by atomic mass is 10.0. The molecular weight excluding hydrogens is 416 g/mol. The highest BCUT2D eigenvalue weighted by molar-refractivity contribution is 6.85. The molecule has 0 bridgehead atoms. The van der Waals surface area contributed by atoms with Crippen molar-refractivity contribution in [2.24, 2.45) is 0 Å². The van der Waals surface area contributed by atoms with Gasteiger partial charge in [-0.1, -0.05) is 104 Å². The second-order valence-corrected chi connectivity index (χ2v) is 18.8. The summed E-state index contributed by atoms with van der Waals surface area (Å²) in [6.07, 6.45) is 0. The average molecular weight is 453 g/mol. The van der Waals surface area contributed by atoms with Gasteiger partial charge in [0.05, 0.1) is 0 Å². The van der Waals surface area contributed by atoms with E-state index in [1.807, 2.05) is 0 Å². The van der Waals surface area contributed by atoms with Crippen molar-refractivity contribution in [1.29, 1.82) is 0 Å². The first-order chi connectivity index (χ1) is 14.6. The molecule has 0 radical (unpaired) electrons. The fourth-order valence-corrected chi connectivity index (χ4v) is 15.9. The molecule has 0 saturated heterocycles. The zero-order valence-electron chi connectivity index (χ0n) is 20.2. The molecule has 0 amide bonds. The predicted octanol–water partition coefficient (Wildman–Crippen LogP) is 8.31. The molecule has 31 heavy (non-hydrogen) atoms. The largest absolute Gasteiger partial charge is 0.517 e. The maximum Gasteiger partial charge on any atom is 0.396 e. The lowest BCUT2D eigenvalue weighted by Gasteiger charge is -2.44. The number of hydrogen-bond acceptors (Lipinski definition) is 3. The third-order valence-electron chi connectivity index (χ3n) is 6.90. The van der Waals surface area contributed by atoms with Gasteiger partial charge in [-0.05, 0) is 10.8 Å². The fraction of sp³-hybridized carbons (Fsp3) is 0.462. The van der Waals surface area contributed by atoms with Crippen LogP contribution in [-0.4, -0.2) is 17.1 Å². The Bertz CT molecular complexity index is 1000. The van der Waals surface area contributed by atoms with E-state index in [0.717, 1.165) is 22.3 Å². The quantitative estimate of drug-likeness (QED) is 0.294. The third-order valence-corrected chi connectivity index (χ3v) is 16.9. The van der Waals surface area contributed by atoms with Gasteiger partial charge in [-0.15, -0.1) is 0 Å². The van der Waals surface area contributed by atoms with Gasteiger partial charge in [0.2, 0.25) is 0 Å². The summed E-state index contributed by atoms with van der Waals surface area (Å²) >= 11 is 0. The first kappa shape index (κ1) is 22.4. The van der Waals surface area contributed by atoms with Crippen LogP contribution in [0.5, 0.6) is 11.5 Å². The summed E-state index contributed by atoms with van der Waals surface area (Å²) in [5, 5.41) is 4.66. The highest BCUT2D eigenvalue weighted by atomic mass is 28.5. The van der Waals surface area contributed by atoms with E-state index in [2.05, 4.69) is 104 Å². The van der Waals surface area contributed by atoms with Crippen LogP contribution in [0.25, 0.3) is 21.5 Å². The molecule has 0 aromatic heterocycles. The van der Waals surface area contributed by atoms with E-state index in [1.165, 1.54) is 10.8 Å². The number of fused-ring (bicyclic) bond motifs is 6. The molecule has 0 aliphatic carbocycles. The monoisotopic (exact) mass is 452 g/mol. The number of hydrogen-bond donors (Lipinski definition) is 0. The summed E-state index contributed by atoms with van der Waals surface area (Å²) in [4.78, 5) is 0. The maximum atomic E-state index is 7.35. The van der Waals surface area contributed by atoms with Gasteiger partial charge >= 0.3 is 17.1 Å². The van der Waals surface area contributed by atoms with Crippen LogP contribution in [0.1, 0.15) is 55.4 Å². The minimum Gasteiger partial charge on any atom is -0.517 e. The van der Waals surface area contributed by atoms with E-state index in [-0.39, 0.29) is 0 Å². The Hall–Kier alpha value is -1.83. The SMILES string of the molecule is CC(C)[Si]1(C(C)C)Oc2c(c3ccccc3c3ccccc23)O[Si](C(C)C)(C(C)C)O1. The van der Waals surface area contributed by atoms with Crippen molar-refractivity contribution in [2.45, 2.75) is 77.6 Å². The molecule has 0 fully saturated rings. The summed E-state index contributed by atoms with van der Waals surface area (Å²) in [5.41, 5.74) is 1.21. The first-order valence-electron chi connectivity index (χ1n) is 11.7. The van der Waals surface area contributed by atoms with E-state index in [4.69, 9.17) is 13.0 Å². The van der Waals surface area contributed by atoms with Gasteiger partial charge in [-0.25, -0.2) is 0 Å². The van der Waals surface area contributed by atoms with Gasteiger partial charge in [0.25, 0.3) is 0 Å². The van der Waals surface area contributed by atoms with E-state index in [9.17, 15) is 0 Å². The van der Waals surface area contributed by atoms with Crippen LogP contribution in [0.3, 0.4) is 0 Å². The first-order valence-corrected chi connectivity index (χ1v) is 15.6. The minimum absolute atomic E-state index is 0.302. The van der Waals surface area contributed by atoms with Crippen LogP contribution in [0, 0.1) is 0 Å². The van der Waals surface area contributed by atoms with Crippen molar-refractivity contribution in [1.82, 2.24) is 0 Å². The molecule has 1 aliphatic rings. The summed E-state index contributed by atoms with van der Waals surface area (Å²) < 4.78 is 21.7. The molecule has 0 unspecified atom stereocenters. The van der Waals surface area contributed by atoms with Crippen molar-refractivity contribution in [2.75, 3.05) is 0 Å². The van der Waals surface area contributed by atoms with E-state index >= 15 is 0 Å². The molecule has 0 spiro atoms. The lowest BCUT2D eigenvalue weighted by molar-refractivity contribution is 0.302. The molecule has 3 nitrogen and oxygen atoms in total. The molecule has 3 aromatic rings. The van der Waals surface area contributed by atoms with Gasteiger partial charge in [-0.2, -0.15) is 0 Å². The zero-order chi connectivity index (χ0) is 22.6. The van der Waals surface area contributed by atoms with Gasteiger partial charge in [0.1, 0.15) is 0 Å². The Labute approximate surface area is 189 Å². The second kappa shape index (κ2) is 7.94. The van der Waals surface area contributed by atoms with Crippen LogP contribution in [0.15, 0.2) is 48.5 Å². The van der Waals surface area contributed by atoms with Crippen molar-refractivity contribution < 1.29 is 13.0 Å². The Morgan fingerprint density at radius 1 is 0.484 bits per heavy atom. The Morgan fingerprint density at radius 2 is 0.774 bits per heavy atom. The standard InChI is InChI=1S/C26H36O3Si2/c1-17(2)30(18(3)4)27-25-23-15-11-9-13-21(23)22-14-10-12-16-24(22)26(25)28-31(29-30,19(5)6)20(7)8/h9-20H,1-8H3. The van der Waals surface area contributed by atoms with E-state index in [0.29, 0.717) is 22.2 Å². The predicted molar refractivity (Wildman–Crippen MR) is 136 cm³/mol. The number of rotatable bonds is 4. The van der Waals surface area contributed by atoms with Gasteiger partial charge in [-0.3, -0.25) is 0 Å². The van der Waals surface area contributed by atoms with Crippen LogP contribution in [-0.2, 0) is 4.12 Å². The molecule has 4 rings (SSSR count). The average Bonchev–Trinajstić information content (AvgIpc) is 2.91. The highest BCUT2D eigenvalue weighted by Gasteiger charge is 2.60. The maximum absolute atomic E-state index is 7.35. The molecule has 0 N–H and O–H groups in total. The van der Waals surface area contributed by atoms with Crippen molar-refractivity contribution in [3.8, 4) is 11.5 Å². The molecular formula is C26H36O3Si2. The van der Waals surface area contributed by atoms with Crippen LogP contribution >= 0.6 is 0 Å². The van der Waals surface area contributed by atoms with Gasteiger partial charge in [0, 0.05) is 32.9 Å². The Morgan fingerprint density at radius 3 is 1.06 bits per heavy atom. The molecule has 1 aliphatic heterocycles. The Kier molecular flexibility index (Phi) is 5.73. The highest BCUT2D eigenvalue weighted by Crippen LogP contribution is 2.54. The molecule has 166 valence electrons. The Balaban J connectivity index is 2.17. The fourth-order valence-electron chi connectivity index (χ4n) is 5.17. The van der Waals surface area contributed by atoms with E-state index in [1.54, 1.807) is 0 Å². The summed E-state index contributed by atoms with van der Waals surface area (Å²) in [7, 11) is -5.34. The minimum atomic E-state index is -2.67. The van der Waals surface area contributed by atoms with E-state index < -0.39 is 17.1 Å². The van der Waals surface area contributed by atoms with Crippen molar-refractivity contribution >= 4 is 38.7 Å². The smallest absolute Gasteiger partial charge is 0.396 e. The van der Waals surface area contributed by atoms with Gasteiger partial charge < -0.3 is 13.0 Å². The van der Waals surface area contributed by atoms with Crippen molar-refractivity contribution in [3.05, 3.63) is 48.5 Å². The van der Waals surface area contributed by atoms with Crippen molar-refractivity contribution in [3.63, 3.8) is 0 Å². The molecule has 0 atom stereocenters. The third kappa shape index (κ3) is 3.33. The van der Waals surface area contributed by atoms with Crippen LogP contribution < -0.4 is 8.85 Å². The molecule has 5 heteroatoms. The molecule has 3 aromatic carbocycles. The zero-order valence-corrected chi connectivity index (χ0v) is 22.2. The summed E-state index contributed by atoms with van der Waals surface area (Å²) in [6, 6.07) is 17.1. The molecule has 0 saturated carbocycles. The second-order valence-electron chi connectivity index (χ2n) is 10.1. The topological polar surface area (TPSA) is 27.7 Å².